The Kier molecular flexibility index (Phi) is 8.50. The van der Waals surface area contributed by atoms with E-state index in [9.17, 15) is 19.7 Å². The van der Waals surface area contributed by atoms with Gasteiger partial charge in [-0.15, -0.1) is 0 Å². The summed E-state index contributed by atoms with van der Waals surface area (Å²) in [5.41, 5.74) is 2.50. The van der Waals surface area contributed by atoms with Crippen LogP contribution in [-0.4, -0.2) is 21.0 Å². The molecule has 2 amide bonds. The predicted octanol–water partition coefficient (Wildman–Crippen LogP) is 7.38. The number of imide groups is 1. The maximum atomic E-state index is 12.9. The summed E-state index contributed by atoms with van der Waals surface area (Å²) in [7, 11) is 0. The van der Waals surface area contributed by atoms with E-state index < -0.39 is 4.92 Å². The molecular formula is C24H15BrI2N2O5S. The van der Waals surface area contributed by atoms with Crippen LogP contribution in [0.1, 0.15) is 16.7 Å². The first-order chi connectivity index (χ1) is 16.7. The largest absolute Gasteiger partial charge is 0.487 e. The topological polar surface area (TPSA) is 89.7 Å². The molecule has 0 atom stereocenters. The number of hydrogen-bond acceptors (Lipinski definition) is 6. The number of nitrogens with zero attached hydrogens (tertiary/aromatic N) is 2. The highest BCUT2D eigenvalue weighted by molar-refractivity contribution is 14.1. The van der Waals surface area contributed by atoms with Crippen LogP contribution in [0.2, 0.25) is 0 Å². The highest BCUT2D eigenvalue weighted by Gasteiger charge is 2.35. The van der Waals surface area contributed by atoms with Gasteiger partial charge in [0, 0.05) is 16.6 Å². The molecule has 1 aliphatic heterocycles. The van der Waals surface area contributed by atoms with Gasteiger partial charge in [0.05, 0.1) is 23.5 Å². The molecule has 7 nitrogen and oxygen atoms in total. The quantitative estimate of drug-likeness (QED) is 0.108. The Morgan fingerprint density at radius 3 is 2.20 bits per heavy atom. The van der Waals surface area contributed by atoms with Crippen LogP contribution in [0.15, 0.2) is 70.0 Å². The summed E-state index contributed by atoms with van der Waals surface area (Å²) in [6.07, 6.45) is 1.72. The number of nitro groups is 1. The van der Waals surface area contributed by atoms with Gasteiger partial charge in [-0.2, -0.15) is 0 Å². The molecule has 0 unspecified atom stereocenters. The number of non-ortho nitro benzene ring substituents is 1. The van der Waals surface area contributed by atoms with Crippen molar-refractivity contribution in [3.63, 3.8) is 0 Å². The number of hydrogen-bond donors (Lipinski definition) is 0. The lowest BCUT2D eigenvalue weighted by Gasteiger charge is -2.13. The summed E-state index contributed by atoms with van der Waals surface area (Å²) in [5, 5.41) is 10.5. The molecule has 0 N–H and O–H groups in total. The minimum Gasteiger partial charge on any atom is -0.487 e. The van der Waals surface area contributed by atoms with E-state index in [1.54, 1.807) is 18.2 Å². The predicted molar refractivity (Wildman–Crippen MR) is 155 cm³/mol. The molecule has 0 aromatic heterocycles. The highest BCUT2D eigenvalue weighted by atomic mass is 127. The van der Waals surface area contributed by atoms with E-state index in [4.69, 9.17) is 4.74 Å². The molecule has 11 heteroatoms. The number of halogens is 3. The van der Waals surface area contributed by atoms with E-state index in [1.807, 2.05) is 36.4 Å². The van der Waals surface area contributed by atoms with Crippen molar-refractivity contribution in [2.24, 2.45) is 0 Å². The third kappa shape index (κ3) is 6.43. The van der Waals surface area contributed by atoms with Gasteiger partial charge in [-0.05, 0) is 116 Å². The van der Waals surface area contributed by atoms with E-state index in [2.05, 4.69) is 61.1 Å². The van der Waals surface area contributed by atoms with Crippen LogP contribution < -0.4 is 4.74 Å². The van der Waals surface area contributed by atoms with Gasteiger partial charge in [-0.3, -0.25) is 24.6 Å². The zero-order chi connectivity index (χ0) is 25.1. The lowest BCUT2D eigenvalue weighted by Crippen LogP contribution is -2.27. The molecule has 1 heterocycles. The minimum atomic E-state index is -0.440. The average Bonchev–Trinajstić information content (AvgIpc) is 3.07. The summed E-state index contributed by atoms with van der Waals surface area (Å²) in [5.74, 6) is 0.372. The monoisotopic (exact) mass is 776 g/mol. The normalized spacial score (nSPS) is 14.6. The number of carbonyl (C=O) groups is 2. The number of rotatable bonds is 7. The first-order valence-corrected chi connectivity index (χ1v) is 13.8. The Labute approximate surface area is 240 Å². The molecule has 35 heavy (non-hydrogen) atoms. The fourth-order valence-electron chi connectivity index (χ4n) is 3.23. The van der Waals surface area contributed by atoms with Crippen molar-refractivity contribution in [2.45, 2.75) is 13.2 Å². The third-order valence-corrected chi connectivity index (χ3v) is 8.01. The summed E-state index contributed by atoms with van der Waals surface area (Å²) in [6.45, 7) is 0.484. The van der Waals surface area contributed by atoms with Crippen molar-refractivity contribution in [1.82, 2.24) is 4.90 Å². The second-order valence-corrected chi connectivity index (χ2v) is 11.7. The van der Waals surface area contributed by atoms with Crippen LogP contribution in [0.3, 0.4) is 0 Å². The van der Waals surface area contributed by atoms with Gasteiger partial charge in [0.25, 0.3) is 16.8 Å². The number of carbonyl (C=O) groups excluding carboxylic acids is 2. The zero-order valence-corrected chi connectivity index (χ0v) is 24.5. The maximum Gasteiger partial charge on any atom is 0.293 e. The lowest BCUT2D eigenvalue weighted by atomic mass is 10.2. The summed E-state index contributed by atoms with van der Waals surface area (Å²) >= 11 is 8.64. The Hall–Kier alpha value is -1.97. The SMILES string of the molecule is O=C1S/C(=C\c2cc(I)c(OCc3ccc([N+](=O)[O-])cc3)c(I)c2)C(=O)N1Cc1ccc(Br)cc1. The van der Waals surface area contributed by atoms with E-state index >= 15 is 0 Å². The summed E-state index contributed by atoms with van der Waals surface area (Å²) < 4.78 is 8.58. The van der Waals surface area contributed by atoms with Crippen molar-refractivity contribution >= 4 is 95.8 Å². The second-order valence-electron chi connectivity index (χ2n) is 7.42. The molecule has 0 aliphatic carbocycles. The molecule has 1 saturated heterocycles. The van der Waals surface area contributed by atoms with Crippen LogP contribution in [0.25, 0.3) is 6.08 Å². The van der Waals surface area contributed by atoms with Crippen LogP contribution in [0, 0.1) is 17.3 Å². The second kappa shape index (κ2) is 11.4. The standard InChI is InChI=1S/C24H15BrI2N2O5S/c25-17-5-1-14(2-6-17)12-28-23(30)21(35-24(28)31)11-16-9-19(26)22(20(27)10-16)34-13-15-3-7-18(8-4-15)29(32)33/h1-11H,12-13H2/b21-11-. The molecular weight excluding hydrogens is 762 g/mol. The van der Waals surface area contributed by atoms with Gasteiger partial charge in [0.2, 0.25) is 0 Å². The van der Waals surface area contributed by atoms with Gasteiger partial charge in [-0.25, -0.2) is 0 Å². The van der Waals surface area contributed by atoms with Gasteiger partial charge in [-0.1, -0.05) is 28.1 Å². The zero-order valence-electron chi connectivity index (χ0n) is 17.7. The Balaban J connectivity index is 1.47. The fraction of sp³-hybridized carbons (Fsp3) is 0.0833. The van der Waals surface area contributed by atoms with Crippen LogP contribution in [0.5, 0.6) is 5.75 Å². The van der Waals surface area contributed by atoms with E-state index in [0.29, 0.717) is 10.7 Å². The molecule has 0 saturated carbocycles. The summed E-state index contributed by atoms with van der Waals surface area (Å²) in [6, 6.07) is 17.5. The molecule has 3 aromatic rings. The molecule has 0 spiro atoms. The molecule has 0 bridgehead atoms. The fourth-order valence-corrected chi connectivity index (χ4v) is 6.46. The number of nitro benzene ring substituents is 1. The molecule has 0 radical (unpaired) electrons. The molecule has 178 valence electrons. The number of thioether (sulfide) groups is 1. The van der Waals surface area contributed by atoms with Crippen LogP contribution in [0.4, 0.5) is 10.5 Å². The molecule has 1 aliphatic rings. The minimum absolute atomic E-state index is 0.0310. The van der Waals surface area contributed by atoms with Crippen molar-refractivity contribution in [1.29, 1.82) is 0 Å². The van der Waals surface area contributed by atoms with Gasteiger partial charge in [0.1, 0.15) is 12.4 Å². The Morgan fingerprint density at radius 1 is 1.00 bits per heavy atom. The molecule has 1 fully saturated rings. The molecule has 4 rings (SSSR count). The van der Waals surface area contributed by atoms with Crippen LogP contribution >= 0.6 is 72.9 Å². The van der Waals surface area contributed by atoms with Crippen molar-refractivity contribution in [3.8, 4) is 5.75 Å². The molecule has 3 aromatic carbocycles. The van der Waals surface area contributed by atoms with Crippen molar-refractivity contribution in [3.05, 3.63) is 104 Å². The number of amides is 2. The van der Waals surface area contributed by atoms with Crippen LogP contribution in [-0.2, 0) is 17.9 Å². The van der Waals surface area contributed by atoms with E-state index in [0.717, 1.165) is 40.1 Å². The Morgan fingerprint density at radius 2 is 1.60 bits per heavy atom. The maximum absolute atomic E-state index is 12.9. The van der Waals surface area contributed by atoms with Gasteiger partial charge < -0.3 is 4.74 Å². The summed E-state index contributed by atoms with van der Waals surface area (Å²) in [4.78, 5) is 37.4. The van der Waals surface area contributed by atoms with E-state index in [1.165, 1.54) is 17.0 Å². The average molecular weight is 777 g/mol. The Bertz CT molecular complexity index is 1320. The van der Waals surface area contributed by atoms with Gasteiger partial charge >= 0.3 is 0 Å². The van der Waals surface area contributed by atoms with Crippen molar-refractivity contribution in [2.75, 3.05) is 0 Å². The van der Waals surface area contributed by atoms with Gasteiger partial charge in [0.15, 0.2) is 0 Å². The lowest BCUT2D eigenvalue weighted by molar-refractivity contribution is -0.384. The smallest absolute Gasteiger partial charge is 0.293 e. The first kappa shape index (κ1) is 26.1. The third-order valence-electron chi connectivity index (χ3n) is 4.98. The van der Waals surface area contributed by atoms with Crippen molar-refractivity contribution < 1.29 is 19.2 Å². The number of benzene rings is 3. The number of ether oxygens (including phenoxy) is 1. The van der Waals surface area contributed by atoms with E-state index in [-0.39, 0.29) is 30.0 Å². The highest BCUT2D eigenvalue weighted by Crippen LogP contribution is 2.36. The first-order valence-electron chi connectivity index (χ1n) is 10.1.